The number of para-hydroxylation sites is 1. The lowest BCUT2D eigenvalue weighted by Crippen LogP contribution is -1.98. The Morgan fingerprint density at radius 2 is 1.90 bits per heavy atom. The molecule has 0 aliphatic carbocycles. The third-order valence-electron chi connectivity index (χ3n) is 3.59. The normalized spacial score (nSPS) is 10.3. The van der Waals surface area contributed by atoms with Crippen molar-refractivity contribution in [2.45, 2.75) is 6.42 Å². The van der Waals surface area contributed by atoms with E-state index in [4.69, 9.17) is 0 Å². The number of nitrogens with zero attached hydrogens (tertiary/aromatic N) is 2. The molecule has 0 fully saturated rings. The molecular formula is C18H15N3. The summed E-state index contributed by atoms with van der Waals surface area (Å²) in [7, 11) is 1.83. The smallest absolute Gasteiger partial charge is 0.103 e. The third kappa shape index (κ3) is 2.44. The molecule has 3 rings (SSSR count). The summed E-state index contributed by atoms with van der Waals surface area (Å²) in [6.45, 7) is 0. The predicted octanol–water partition coefficient (Wildman–Crippen LogP) is 3.74. The fourth-order valence-electron chi connectivity index (χ4n) is 2.60. The highest BCUT2D eigenvalue weighted by Gasteiger charge is 2.10. The van der Waals surface area contributed by atoms with Crippen LogP contribution in [0.4, 0.5) is 5.69 Å². The van der Waals surface area contributed by atoms with Crippen molar-refractivity contribution in [3.05, 3.63) is 71.4 Å². The molecule has 0 bridgehead atoms. The van der Waals surface area contributed by atoms with Gasteiger partial charge in [0.15, 0.2) is 0 Å². The highest BCUT2D eigenvalue weighted by atomic mass is 14.8. The van der Waals surface area contributed by atoms with E-state index in [1.165, 1.54) is 11.1 Å². The second-order valence-corrected chi connectivity index (χ2v) is 4.88. The maximum atomic E-state index is 9.18. The summed E-state index contributed by atoms with van der Waals surface area (Å²) in [6, 6.07) is 18.6. The van der Waals surface area contributed by atoms with Gasteiger partial charge in [0.1, 0.15) is 6.07 Å². The van der Waals surface area contributed by atoms with Crippen LogP contribution in [0.2, 0.25) is 0 Å². The Hall–Kier alpha value is -2.86. The molecule has 0 aliphatic rings. The molecule has 21 heavy (non-hydrogen) atoms. The number of benzene rings is 2. The number of rotatable bonds is 3. The van der Waals surface area contributed by atoms with E-state index < -0.39 is 0 Å². The topological polar surface area (TPSA) is 48.7 Å². The Bertz CT molecular complexity index is 817. The number of nitrogens with one attached hydrogen (secondary N) is 1. The van der Waals surface area contributed by atoms with Crippen LogP contribution in [-0.4, -0.2) is 12.0 Å². The van der Waals surface area contributed by atoms with E-state index in [-0.39, 0.29) is 0 Å². The molecular weight excluding hydrogens is 258 g/mol. The molecule has 1 N–H and O–H groups in total. The minimum atomic E-state index is 0.571. The second kappa shape index (κ2) is 5.64. The van der Waals surface area contributed by atoms with Crippen molar-refractivity contribution in [1.82, 2.24) is 4.98 Å². The first-order valence-electron chi connectivity index (χ1n) is 6.86. The standard InChI is InChI=1S/C18H15N3/c1-20-17-15(11-19)12-21-18-14(8-5-9-16(17)18)10-13-6-3-2-4-7-13/h2-9,12H,10H2,1H3,(H,20,21). The average molecular weight is 273 g/mol. The van der Waals surface area contributed by atoms with Crippen LogP contribution < -0.4 is 5.32 Å². The highest BCUT2D eigenvalue weighted by Crippen LogP contribution is 2.28. The van der Waals surface area contributed by atoms with Crippen molar-refractivity contribution in [3.63, 3.8) is 0 Å². The molecule has 0 unspecified atom stereocenters. The average Bonchev–Trinajstić information content (AvgIpc) is 2.55. The monoisotopic (exact) mass is 273 g/mol. The van der Waals surface area contributed by atoms with Crippen molar-refractivity contribution in [3.8, 4) is 6.07 Å². The molecule has 3 heteroatoms. The summed E-state index contributed by atoms with van der Waals surface area (Å²) in [5, 5.41) is 13.3. The quantitative estimate of drug-likeness (QED) is 0.790. The lowest BCUT2D eigenvalue weighted by Gasteiger charge is -2.11. The van der Waals surface area contributed by atoms with Crippen molar-refractivity contribution >= 4 is 16.6 Å². The first-order chi connectivity index (χ1) is 10.3. The van der Waals surface area contributed by atoms with Gasteiger partial charge in [-0.2, -0.15) is 5.26 Å². The lowest BCUT2D eigenvalue weighted by atomic mass is 10.00. The van der Waals surface area contributed by atoms with Gasteiger partial charge in [-0.3, -0.25) is 4.98 Å². The molecule has 0 radical (unpaired) electrons. The van der Waals surface area contributed by atoms with E-state index >= 15 is 0 Å². The van der Waals surface area contributed by atoms with Gasteiger partial charge >= 0.3 is 0 Å². The van der Waals surface area contributed by atoms with Crippen LogP contribution in [0.1, 0.15) is 16.7 Å². The molecule has 0 aliphatic heterocycles. The van der Waals surface area contributed by atoms with Crippen molar-refractivity contribution in [2.24, 2.45) is 0 Å². The van der Waals surface area contributed by atoms with Crippen LogP contribution in [0.15, 0.2) is 54.7 Å². The summed E-state index contributed by atoms with van der Waals surface area (Å²) in [6.07, 6.45) is 2.48. The van der Waals surface area contributed by atoms with Gasteiger partial charge in [-0.25, -0.2) is 0 Å². The number of anilines is 1. The highest BCUT2D eigenvalue weighted by molar-refractivity contribution is 5.95. The van der Waals surface area contributed by atoms with Crippen LogP contribution in [0.5, 0.6) is 0 Å². The molecule has 0 amide bonds. The van der Waals surface area contributed by atoms with Crippen LogP contribution in [0.3, 0.4) is 0 Å². The van der Waals surface area contributed by atoms with E-state index in [1.54, 1.807) is 6.20 Å². The van der Waals surface area contributed by atoms with Gasteiger partial charge < -0.3 is 5.32 Å². The predicted molar refractivity (Wildman–Crippen MR) is 85.3 cm³/mol. The Kier molecular flexibility index (Phi) is 3.53. The van der Waals surface area contributed by atoms with Gasteiger partial charge in [0.2, 0.25) is 0 Å². The second-order valence-electron chi connectivity index (χ2n) is 4.88. The number of pyridine rings is 1. The first-order valence-corrected chi connectivity index (χ1v) is 6.86. The minimum absolute atomic E-state index is 0.571. The Labute approximate surface area is 123 Å². The summed E-state index contributed by atoms with van der Waals surface area (Å²) in [5.41, 5.74) is 4.78. The largest absolute Gasteiger partial charge is 0.386 e. The van der Waals surface area contributed by atoms with Crippen LogP contribution in [0, 0.1) is 11.3 Å². The third-order valence-corrected chi connectivity index (χ3v) is 3.59. The fourth-order valence-corrected chi connectivity index (χ4v) is 2.60. The van der Waals surface area contributed by atoms with E-state index in [0.29, 0.717) is 5.56 Å². The maximum Gasteiger partial charge on any atom is 0.103 e. The molecule has 1 aromatic heterocycles. The summed E-state index contributed by atoms with van der Waals surface area (Å²) in [4.78, 5) is 4.49. The lowest BCUT2D eigenvalue weighted by molar-refractivity contribution is 1.19. The van der Waals surface area contributed by atoms with E-state index in [1.807, 2.05) is 37.4 Å². The molecule has 3 aromatic rings. The van der Waals surface area contributed by atoms with E-state index in [0.717, 1.165) is 23.0 Å². The van der Waals surface area contributed by atoms with Gasteiger partial charge in [0, 0.05) is 18.6 Å². The molecule has 3 nitrogen and oxygen atoms in total. The van der Waals surface area contributed by atoms with E-state index in [2.05, 4.69) is 34.6 Å². The first kappa shape index (κ1) is 13.1. The van der Waals surface area contributed by atoms with E-state index in [9.17, 15) is 5.26 Å². The molecule has 0 atom stereocenters. The number of fused-ring (bicyclic) bond motifs is 1. The van der Waals surface area contributed by atoms with Crippen molar-refractivity contribution < 1.29 is 0 Å². The Balaban J connectivity index is 2.15. The van der Waals surface area contributed by atoms with Gasteiger partial charge in [-0.15, -0.1) is 0 Å². The number of hydrogen-bond acceptors (Lipinski definition) is 3. The molecule has 0 spiro atoms. The summed E-state index contributed by atoms with van der Waals surface area (Å²) in [5.74, 6) is 0. The zero-order chi connectivity index (χ0) is 14.7. The van der Waals surface area contributed by atoms with Gasteiger partial charge in [-0.1, -0.05) is 48.5 Å². The Morgan fingerprint density at radius 3 is 2.62 bits per heavy atom. The molecule has 102 valence electrons. The van der Waals surface area contributed by atoms with Gasteiger partial charge in [0.05, 0.1) is 16.8 Å². The van der Waals surface area contributed by atoms with Crippen LogP contribution >= 0.6 is 0 Å². The van der Waals surface area contributed by atoms with Crippen LogP contribution in [0.25, 0.3) is 10.9 Å². The number of nitriles is 1. The van der Waals surface area contributed by atoms with Crippen LogP contribution in [-0.2, 0) is 6.42 Å². The molecule has 2 aromatic carbocycles. The van der Waals surface area contributed by atoms with Gasteiger partial charge in [0.25, 0.3) is 0 Å². The zero-order valence-corrected chi connectivity index (χ0v) is 11.8. The maximum absolute atomic E-state index is 9.18. The SMILES string of the molecule is CNc1c(C#N)cnc2c(Cc3ccccc3)cccc12. The summed E-state index contributed by atoms with van der Waals surface area (Å²) < 4.78 is 0. The Morgan fingerprint density at radius 1 is 1.10 bits per heavy atom. The van der Waals surface area contributed by atoms with Crippen molar-refractivity contribution in [2.75, 3.05) is 12.4 Å². The minimum Gasteiger partial charge on any atom is -0.386 e. The molecule has 0 saturated heterocycles. The number of aromatic nitrogens is 1. The van der Waals surface area contributed by atoms with Crippen molar-refractivity contribution in [1.29, 1.82) is 5.26 Å². The summed E-state index contributed by atoms with van der Waals surface area (Å²) >= 11 is 0. The fraction of sp³-hybridized carbons (Fsp3) is 0.111. The molecule has 1 heterocycles. The van der Waals surface area contributed by atoms with Gasteiger partial charge in [-0.05, 0) is 17.5 Å². The number of hydrogen-bond donors (Lipinski definition) is 1. The molecule has 0 saturated carbocycles. The zero-order valence-electron chi connectivity index (χ0n) is 11.8.